The lowest BCUT2D eigenvalue weighted by Crippen LogP contribution is -2.30. The first-order chi connectivity index (χ1) is 10.5. The van der Waals surface area contributed by atoms with Crippen molar-refractivity contribution in [2.24, 2.45) is 0 Å². The summed E-state index contributed by atoms with van der Waals surface area (Å²) >= 11 is 0. The lowest BCUT2D eigenvalue weighted by molar-refractivity contribution is -0.138. The van der Waals surface area contributed by atoms with Crippen LogP contribution in [0.4, 0.5) is 0 Å². The molecule has 6 nitrogen and oxygen atoms in total. The summed E-state index contributed by atoms with van der Waals surface area (Å²) in [6.07, 6.45) is 4.94. The van der Waals surface area contributed by atoms with Crippen LogP contribution in [0, 0.1) is 0 Å². The maximum atomic E-state index is 11.6. The van der Waals surface area contributed by atoms with Crippen LogP contribution < -0.4 is 0 Å². The van der Waals surface area contributed by atoms with Gasteiger partial charge in [0, 0.05) is 24.3 Å². The average Bonchev–Trinajstić information content (AvgIpc) is 2.98. The van der Waals surface area contributed by atoms with Crippen LogP contribution in [0.25, 0.3) is 0 Å². The van der Waals surface area contributed by atoms with Gasteiger partial charge in [-0.3, -0.25) is 29.0 Å². The molecule has 22 heavy (non-hydrogen) atoms. The molecule has 0 atom stereocenters. The van der Waals surface area contributed by atoms with E-state index in [0.29, 0.717) is 0 Å². The zero-order valence-corrected chi connectivity index (χ0v) is 11.6. The van der Waals surface area contributed by atoms with Crippen molar-refractivity contribution in [3.8, 4) is 0 Å². The topological polar surface area (TPSA) is 74.8 Å². The van der Waals surface area contributed by atoms with Gasteiger partial charge in [0.2, 0.25) is 0 Å². The molecule has 0 aliphatic carbocycles. The zero-order valence-electron chi connectivity index (χ0n) is 11.6. The molecule has 0 aromatic heterocycles. The number of amides is 4. The minimum absolute atomic E-state index is 0.165. The van der Waals surface area contributed by atoms with Crippen molar-refractivity contribution in [3.05, 3.63) is 59.7 Å². The smallest absolute Gasteiger partial charge is 0.253 e. The molecule has 1 aromatic carbocycles. The molecule has 0 fully saturated rings. The van der Waals surface area contributed by atoms with Gasteiger partial charge in [0.25, 0.3) is 23.6 Å². The number of hydrogen-bond donors (Lipinski definition) is 0. The normalized spacial score (nSPS) is 17.3. The number of imide groups is 2. The van der Waals surface area contributed by atoms with Crippen molar-refractivity contribution in [1.29, 1.82) is 0 Å². The second-order valence-corrected chi connectivity index (χ2v) is 5.01. The van der Waals surface area contributed by atoms with Crippen LogP contribution in [-0.4, -0.2) is 33.4 Å². The van der Waals surface area contributed by atoms with Gasteiger partial charge in [0.15, 0.2) is 0 Å². The predicted octanol–water partition coefficient (Wildman–Crippen LogP) is 0.537. The van der Waals surface area contributed by atoms with Gasteiger partial charge < -0.3 is 0 Å². The number of carbonyl (C=O) groups is 4. The Kier molecular flexibility index (Phi) is 3.42. The third kappa shape index (κ3) is 2.58. The first-order valence-corrected chi connectivity index (χ1v) is 6.69. The summed E-state index contributed by atoms with van der Waals surface area (Å²) in [5, 5.41) is 0. The van der Waals surface area contributed by atoms with E-state index in [2.05, 4.69) is 0 Å². The Hall–Kier alpha value is -3.02. The SMILES string of the molecule is O=C1C=CC(=O)N1Cc1cccc(CN2C(=O)C=CC2=O)c1. The molecule has 0 radical (unpaired) electrons. The number of nitrogens with zero attached hydrogens (tertiary/aromatic N) is 2. The molecule has 2 aliphatic heterocycles. The lowest BCUT2D eigenvalue weighted by atomic mass is 10.1. The Morgan fingerprint density at radius 2 is 1.00 bits per heavy atom. The first kappa shape index (κ1) is 13.9. The number of carbonyl (C=O) groups excluding carboxylic acids is 4. The highest BCUT2D eigenvalue weighted by molar-refractivity contribution is 6.13. The number of benzene rings is 1. The van der Waals surface area contributed by atoms with E-state index in [0.717, 1.165) is 20.9 Å². The van der Waals surface area contributed by atoms with Crippen LogP contribution in [0.2, 0.25) is 0 Å². The molecule has 6 heteroatoms. The second-order valence-electron chi connectivity index (χ2n) is 5.01. The van der Waals surface area contributed by atoms with Crippen molar-refractivity contribution >= 4 is 23.6 Å². The van der Waals surface area contributed by atoms with Gasteiger partial charge in [-0.05, 0) is 11.1 Å². The minimum atomic E-state index is -0.343. The third-order valence-electron chi connectivity index (χ3n) is 3.47. The van der Waals surface area contributed by atoms with E-state index in [1.165, 1.54) is 24.3 Å². The molecule has 0 spiro atoms. The number of hydrogen-bond acceptors (Lipinski definition) is 4. The van der Waals surface area contributed by atoms with Crippen LogP contribution in [0.3, 0.4) is 0 Å². The molecule has 1 aromatic rings. The molecule has 0 unspecified atom stereocenters. The van der Waals surface area contributed by atoms with Crippen LogP contribution in [0.5, 0.6) is 0 Å². The molecule has 2 aliphatic rings. The molecule has 0 bridgehead atoms. The fourth-order valence-corrected chi connectivity index (χ4v) is 2.37. The van der Waals surface area contributed by atoms with Gasteiger partial charge in [-0.1, -0.05) is 24.3 Å². The summed E-state index contributed by atoms with van der Waals surface area (Å²) in [5.41, 5.74) is 1.52. The van der Waals surface area contributed by atoms with E-state index >= 15 is 0 Å². The Balaban J connectivity index is 1.73. The fourth-order valence-electron chi connectivity index (χ4n) is 2.37. The summed E-state index contributed by atoms with van der Waals surface area (Å²) in [6, 6.07) is 7.11. The third-order valence-corrected chi connectivity index (χ3v) is 3.47. The van der Waals surface area contributed by atoms with Crippen molar-refractivity contribution in [3.63, 3.8) is 0 Å². The van der Waals surface area contributed by atoms with Gasteiger partial charge in [-0.15, -0.1) is 0 Å². The summed E-state index contributed by atoms with van der Waals surface area (Å²) in [7, 11) is 0. The molecule has 4 amide bonds. The standard InChI is InChI=1S/C16H12N2O4/c19-13-4-5-14(20)17(13)9-11-2-1-3-12(8-11)10-18-15(21)6-7-16(18)22/h1-8H,9-10H2. The lowest BCUT2D eigenvalue weighted by Gasteiger charge is -2.16. The number of rotatable bonds is 4. The Labute approximate surface area is 126 Å². The molecular weight excluding hydrogens is 284 g/mol. The van der Waals surface area contributed by atoms with Gasteiger partial charge in [-0.25, -0.2) is 0 Å². The molecule has 0 saturated carbocycles. The van der Waals surface area contributed by atoms with Crippen LogP contribution >= 0.6 is 0 Å². The van der Waals surface area contributed by atoms with E-state index in [-0.39, 0.29) is 36.7 Å². The van der Waals surface area contributed by atoms with E-state index in [1.54, 1.807) is 24.3 Å². The quantitative estimate of drug-likeness (QED) is 0.760. The Morgan fingerprint density at radius 3 is 1.36 bits per heavy atom. The second kappa shape index (κ2) is 5.40. The van der Waals surface area contributed by atoms with Crippen LogP contribution in [0.15, 0.2) is 48.6 Å². The monoisotopic (exact) mass is 296 g/mol. The Bertz CT molecular complexity index is 653. The molecule has 0 N–H and O–H groups in total. The van der Waals surface area contributed by atoms with Crippen molar-refractivity contribution < 1.29 is 19.2 Å². The van der Waals surface area contributed by atoms with Gasteiger partial charge in [-0.2, -0.15) is 0 Å². The van der Waals surface area contributed by atoms with E-state index < -0.39 is 0 Å². The largest absolute Gasteiger partial charge is 0.271 e. The van der Waals surface area contributed by atoms with Crippen molar-refractivity contribution in [2.45, 2.75) is 13.1 Å². The summed E-state index contributed by atoms with van der Waals surface area (Å²) in [5.74, 6) is -1.37. The first-order valence-electron chi connectivity index (χ1n) is 6.69. The molecular formula is C16H12N2O4. The predicted molar refractivity (Wildman–Crippen MR) is 75.8 cm³/mol. The summed E-state index contributed by atoms with van der Waals surface area (Å²) < 4.78 is 0. The molecule has 0 saturated heterocycles. The highest BCUT2D eigenvalue weighted by Gasteiger charge is 2.25. The van der Waals surface area contributed by atoms with Crippen molar-refractivity contribution in [1.82, 2.24) is 9.80 Å². The Morgan fingerprint density at radius 1 is 0.636 bits per heavy atom. The summed E-state index contributed by atoms with van der Waals surface area (Å²) in [4.78, 5) is 48.5. The minimum Gasteiger partial charge on any atom is -0.271 e. The molecule has 110 valence electrons. The van der Waals surface area contributed by atoms with Crippen LogP contribution in [-0.2, 0) is 32.3 Å². The van der Waals surface area contributed by atoms with E-state index in [1.807, 2.05) is 0 Å². The molecule has 3 rings (SSSR count). The van der Waals surface area contributed by atoms with Crippen LogP contribution in [0.1, 0.15) is 11.1 Å². The van der Waals surface area contributed by atoms with E-state index in [9.17, 15) is 19.2 Å². The van der Waals surface area contributed by atoms with E-state index in [4.69, 9.17) is 0 Å². The zero-order chi connectivity index (χ0) is 15.7. The highest BCUT2D eigenvalue weighted by atomic mass is 16.2. The van der Waals surface area contributed by atoms with Gasteiger partial charge >= 0.3 is 0 Å². The fraction of sp³-hybridized carbons (Fsp3) is 0.125. The van der Waals surface area contributed by atoms with Gasteiger partial charge in [0.05, 0.1) is 13.1 Å². The van der Waals surface area contributed by atoms with Gasteiger partial charge in [0.1, 0.15) is 0 Å². The van der Waals surface area contributed by atoms with Crippen molar-refractivity contribution in [2.75, 3.05) is 0 Å². The molecule has 2 heterocycles. The summed E-state index contributed by atoms with van der Waals surface area (Å²) in [6.45, 7) is 0.331. The highest BCUT2D eigenvalue weighted by Crippen LogP contribution is 2.15. The average molecular weight is 296 g/mol. The maximum absolute atomic E-state index is 11.6. The maximum Gasteiger partial charge on any atom is 0.253 e.